The van der Waals surface area contributed by atoms with Crippen LogP contribution in [0, 0.1) is 0 Å². The molecule has 2 aromatic carbocycles. The molecule has 0 saturated heterocycles. The number of phenols is 2. The summed E-state index contributed by atoms with van der Waals surface area (Å²) in [5.74, 6) is 0.907. The summed E-state index contributed by atoms with van der Waals surface area (Å²) in [6.07, 6.45) is 23.5. The summed E-state index contributed by atoms with van der Waals surface area (Å²) in [4.78, 5) is 0. The molecule has 0 spiro atoms. The second kappa shape index (κ2) is 21.6. The van der Waals surface area contributed by atoms with Gasteiger partial charge in [-0.2, -0.15) is 0 Å². The lowest BCUT2D eigenvalue weighted by molar-refractivity contribution is 0.465. The van der Waals surface area contributed by atoms with Crippen molar-refractivity contribution in [3.63, 3.8) is 0 Å². The summed E-state index contributed by atoms with van der Waals surface area (Å²) in [7, 11) is 0. The second-order valence-corrected chi connectivity index (χ2v) is 9.71. The highest BCUT2D eigenvalue weighted by atomic mass is 16.3. The first-order valence-corrected chi connectivity index (χ1v) is 14.2. The van der Waals surface area contributed by atoms with Crippen molar-refractivity contribution in [1.29, 1.82) is 0 Å². The Bertz CT molecular complexity index is 710. The van der Waals surface area contributed by atoms with Crippen LogP contribution in [-0.2, 0) is 12.8 Å². The molecule has 192 valence electrons. The van der Waals surface area contributed by atoms with E-state index in [2.05, 4.69) is 13.8 Å². The van der Waals surface area contributed by atoms with Crippen molar-refractivity contribution in [3.8, 4) is 11.5 Å². The van der Waals surface area contributed by atoms with E-state index in [1.807, 2.05) is 36.4 Å². The van der Waals surface area contributed by atoms with Gasteiger partial charge >= 0.3 is 0 Å². The standard InChI is InChI=1S/C18H30O.C14H22O/c1-2-3-4-5-6-7-8-9-10-11-14-17-15-12-13-16-18(17)19;1-2-3-4-5-6-7-10-13-11-8-9-12-14(13)15/h12-13,15-16,19H,2-11,14H2,1H3;8-9,11-12,15H,2-7,10H2,1H3. The van der Waals surface area contributed by atoms with Crippen LogP contribution in [0.4, 0.5) is 0 Å². The molecule has 0 bridgehead atoms. The zero-order valence-electron chi connectivity index (χ0n) is 22.2. The first kappa shape index (κ1) is 30.1. The van der Waals surface area contributed by atoms with Gasteiger partial charge in [0, 0.05) is 0 Å². The molecule has 0 atom stereocenters. The molecule has 0 heterocycles. The number of benzene rings is 2. The first-order chi connectivity index (χ1) is 16.7. The van der Waals surface area contributed by atoms with E-state index in [0.717, 1.165) is 24.0 Å². The summed E-state index contributed by atoms with van der Waals surface area (Å²) >= 11 is 0. The normalized spacial score (nSPS) is 10.6. The lowest BCUT2D eigenvalue weighted by atomic mass is 10.0. The van der Waals surface area contributed by atoms with Crippen molar-refractivity contribution in [2.45, 2.75) is 129 Å². The molecule has 0 fully saturated rings. The van der Waals surface area contributed by atoms with E-state index in [1.165, 1.54) is 103 Å². The van der Waals surface area contributed by atoms with Crippen LogP contribution >= 0.6 is 0 Å². The van der Waals surface area contributed by atoms with Gasteiger partial charge < -0.3 is 10.2 Å². The predicted octanol–water partition coefficient (Wildman–Crippen LogP) is 10.2. The minimum absolute atomic E-state index is 0.450. The molecule has 2 N–H and O–H groups in total. The summed E-state index contributed by atoms with van der Waals surface area (Å²) in [5, 5.41) is 19.2. The molecule has 2 nitrogen and oxygen atoms in total. The summed E-state index contributed by atoms with van der Waals surface area (Å²) in [6, 6.07) is 15.4. The van der Waals surface area contributed by atoms with E-state index >= 15 is 0 Å². The second-order valence-electron chi connectivity index (χ2n) is 9.71. The molecule has 0 aromatic heterocycles. The van der Waals surface area contributed by atoms with Gasteiger partial charge in [-0.05, 0) is 48.9 Å². The predicted molar refractivity (Wildman–Crippen MR) is 149 cm³/mol. The Morgan fingerprint density at radius 3 is 1.03 bits per heavy atom. The van der Waals surface area contributed by atoms with E-state index in [-0.39, 0.29) is 0 Å². The molecule has 0 aliphatic heterocycles. The van der Waals surface area contributed by atoms with E-state index in [0.29, 0.717) is 11.5 Å². The van der Waals surface area contributed by atoms with Gasteiger partial charge in [-0.25, -0.2) is 0 Å². The molecule has 0 radical (unpaired) electrons. The van der Waals surface area contributed by atoms with Crippen molar-refractivity contribution < 1.29 is 10.2 Å². The van der Waals surface area contributed by atoms with E-state index < -0.39 is 0 Å². The Morgan fingerprint density at radius 2 is 0.706 bits per heavy atom. The number of unbranched alkanes of at least 4 members (excludes halogenated alkanes) is 14. The molecule has 0 aliphatic rings. The maximum atomic E-state index is 9.65. The molecular formula is C32H52O2. The van der Waals surface area contributed by atoms with Crippen molar-refractivity contribution in [1.82, 2.24) is 0 Å². The van der Waals surface area contributed by atoms with Crippen LogP contribution < -0.4 is 0 Å². The van der Waals surface area contributed by atoms with Gasteiger partial charge in [0.2, 0.25) is 0 Å². The highest BCUT2D eigenvalue weighted by molar-refractivity contribution is 5.32. The van der Waals surface area contributed by atoms with Crippen LogP contribution in [-0.4, -0.2) is 10.2 Å². The Labute approximate surface area is 210 Å². The number of phenolic OH excluding ortho intramolecular Hbond substituents is 2. The topological polar surface area (TPSA) is 40.5 Å². The van der Waals surface area contributed by atoms with Crippen molar-refractivity contribution in [2.75, 3.05) is 0 Å². The smallest absolute Gasteiger partial charge is 0.118 e. The van der Waals surface area contributed by atoms with Gasteiger partial charge in [-0.3, -0.25) is 0 Å². The Hall–Kier alpha value is -1.96. The lowest BCUT2D eigenvalue weighted by Gasteiger charge is -2.04. The van der Waals surface area contributed by atoms with Gasteiger partial charge in [0.15, 0.2) is 0 Å². The molecule has 0 unspecified atom stereocenters. The Balaban J connectivity index is 0.000000350. The van der Waals surface area contributed by atoms with Crippen LogP contribution in [0.15, 0.2) is 48.5 Å². The van der Waals surface area contributed by atoms with Gasteiger partial charge in [-0.15, -0.1) is 0 Å². The number of hydrogen-bond acceptors (Lipinski definition) is 2. The zero-order chi connectivity index (χ0) is 24.7. The largest absolute Gasteiger partial charge is 0.508 e. The SMILES string of the molecule is CCCCCCCCCCCCc1ccccc1O.CCCCCCCCc1ccccc1O. The number of aromatic hydroxyl groups is 2. The number of hydrogen-bond donors (Lipinski definition) is 2. The monoisotopic (exact) mass is 468 g/mol. The Morgan fingerprint density at radius 1 is 0.412 bits per heavy atom. The fourth-order valence-corrected chi connectivity index (χ4v) is 4.34. The maximum absolute atomic E-state index is 9.65. The fraction of sp³-hybridized carbons (Fsp3) is 0.625. The Kier molecular flexibility index (Phi) is 19.1. The van der Waals surface area contributed by atoms with Gasteiger partial charge in [0.1, 0.15) is 11.5 Å². The average molecular weight is 469 g/mol. The molecule has 2 rings (SSSR count). The number of rotatable bonds is 18. The average Bonchev–Trinajstić information content (AvgIpc) is 2.85. The van der Waals surface area contributed by atoms with Gasteiger partial charge in [-0.1, -0.05) is 140 Å². The quantitative estimate of drug-likeness (QED) is 0.214. The maximum Gasteiger partial charge on any atom is 0.118 e. The lowest BCUT2D eigenvalue weighted by Crippen LogP contribution is -1.87. The third-order valence-corrected chi connectivity index (χ3v) is 6.58. The third-order valence-electron chi connectivity index (χ3n) is 6.58. The van der Waals surface area contributed by atoms with Crippen molar-refractivity contribution in [2.24, 2.45) is 0 Å². The van der Waals surface area contributed by atoms with Crippen molar-refractivity contribution in [3.05, 3.63) is 59.7 Å². The van der Waals surface area contributed by atoms with E-state index in [1.54, 1.807) is 12.1 Å². The van der Waals surface area contributed by atoms with Crippen LogP contribution in [0.2, 0.25) is 0 Å². The van der Waals surface area contributed by atoms with Crippen LogP contribution in [0.25, 0.3) is 0 Å². The molecule has 2 heteroatoms. The third kappa shape index (κ3) is 15.8. The van der Waals surface area contributed by atoms with Crippen LogP contribution in [0.3, 0.4) is 0 Å². The molecule has 0 saturated carbocycles. The first-order valence-electron chi connectivity index (χ1n) is 14.2. The molecule has 0 amide bonds. The van der Waals surface area contributed by atoms with E-state index in [4.69, 9.17) is 0 Å². The minimum atomic E-state index is 0.450. The number of para-hydroxylation sites is 2. The summed E-state index contributed by atoms with van der Waals surface area (Å²) in [6.45, 7) is 4.51. The van der Waals surface area contributed by atoms with E-state index in [9.17, 15) is 10.2 Å². The van der Waals surface area contributed by atoms with Crippen LogP contribution in [0.5, 0.6) is 11.5 Å². The van der Waals surface area contributed by atoms with Gasteiger partial charge in [0.25, 0.3) is 0 Å². The molecular weight excluding hydrogens is 416 g/mol. The minimum Gasteiger partial charge on any atom is -0.508 e. The highest BCUT2D eigenvalue weighted by Crippen LogP contribution is 2.20. The van der Waals surface area contributed by atoms with Crippen molar-refractivity contribution >= 4 is 0 Å². The zero-order valence-corrected chi connectivity index (χ0v) is 22.2. The molecule has 0 aliphatic carbocycles. The highest BCUT2D eigenvalue weighted by Gasteiger charge is 2.00. The summed E-state index contributed by atoms with van der Waals surface area (Å²) < 4.78 is 0. The molecule has 34 heavy (non-hydrogen) atoms. The summed E-state index contributed by atoms with van der Waals surface area (Å²) in [5.41, 5.74) is 2.19. The number of aryl methyl sites for hydroxylation is 2. The van der Waals surface area contributed by atoms with Gasteiger partial charge in [0.05, 0.1) is 0 Å². The fourth-order valence-electron chi connectivity index (χ4n) is 4.34. The van der Waals surface area contributed by atoms with Crippen LogP contribution in [0.1, 0.15) is 128 Å². The molecule has 2 aromatic rings.